The molecule has 0 saturated heterocycles. The summed E-state index contributed by atoms with van der Waals surface area (Å²) in [6, 6.07) is 0. The molecule has 1 saturated carbocycles. The van der Waals surface area contributed by atoms with Crippen LogP contribution >= 0.6 is 11.3 Å². The van der Waals surface area contributed by atoms with E-state index in [0.717, 1.165) is 5.92 Å². The first-order chi connectivity index (χ1) is 6.74. The van der Waals surface area contributed by atoms with Gasteiger partial charge in [-0.1, -0.05) is 19.3 Å². The second-order valence-electron chi connectivity index (χ2n) is 4.42. The van der Waals surface area contributed by atoms with Gasteiger partial charge in [-0.05, 0) is 26.3 Å². The van der Waals surface area contributed by atoms with Crippen LogP contribution in [0, 0.1) is 5.92 Å². The van der Waals surface area contributed by atoms with Crippen molar-refractivity contribution < 1.29 is 0 Å². The molecule has 0 bridgehead atoms. The van der Waals surface area contributed by atoms with Crippen LogP contribution in [0.2, 0.25) is 0 Å². The molecule has 0 aliphatic heterocycles. The van der Waals surface area contributed by atoms with Crippen molar-refractivity contribution in [1.82, 2.24) is 10.3 Å². The lowest BCUT2D eigenvalue weighted by atomic mass is 9.77. The minimum Gasteiger partial charge on any atom is -0.309 e. The summed E-state index contributed by atoms with van der Waals surface area (Å²) in [4.78, 5) is 4.43. The predicted octanol–water partition coefficient (Wildman–Crippen LogP) is 2.77. The van der Waals surface area contributed by atoms with Crippen molar-refractivity contribution in [2.75, 3.05) is 7.05 Å². The van der Waals surface area contributed by atoms with E-state index < -0.39 is 0 Å². The van der Waals surface area contributed by atoms with Crippen molar-refractivity contribution in [2.45, 2.75) is 38.1 Å². The summed E-state index contributed by atoms with van der Waals surface area (Å²) in [5.74, 6) is 0.913. The lowest BCUT2D eigenvalue weighted by Gasteiger charge is -2.35. The summed E-state index contributed by atoms with van der Waals surface area (Å²) >= 11 is 1.76. The van der Waals surface area contributed by atoms with Gasteiger partial charge in [-0.3, -0.25) is 0 Å². The highest BCUT2D eigenvalue weighted by molar-refractivity contribution is 7.09. The topological polar surface area (TPSA) is 24.9 Å². The van der Waals surface area contributed by atoms with E-state index in [0.29, 0.717) is 0 Å². The van der Waals surface area contributed by atoms with Crippen molar-refractivity contribution >= 4 is 11.3 Å². The summed E-state index contributed by atoms with van der Waals surface area (Å²) in [5, 5.41) is 6.72. The zero-order valence-corrected chi connectivity index (χ0v) is 9.73. The highest BCUT2D eigenvalue weighted by Gasteiger charge is 2.32. The van der Waals surface area contributed by atoms with Gasteiger partial charge in [-0.15, -0.1) is 11.3 Å². The van der Waals surface area contributed by atoms with E-state index in [9.17, 15) is 0 Å². The molecule has 1 N–H and O–H groups in total. The predicted molar refractivity (Wildman–Crippen MR) is 60.5 cm³/mol. The average Bonchev–Trinajstić information content (AvgIpc) is 2.64. The van der Waals surface area contributed by atoms with Gasteiger partial charge >= 0.3 is 0 Å². The van der Waals surface area contributed by atoms with Gasteiger partial charge in [0.05, 0.1) is 5.54 Å². The molecule has 1 aliphatic rings. The third-order valence-corrected chi connectivity index (χ3v) is 4.41. The van der Waals surface area contributed by atoms with Crippen molar-refractivity contribution in [3.8, 4) is 0 Å². The highest BCUT2D eigenvalue weighted by atomic mass is 32.1. The van der Waals surface area contributed by atoms with Crippen LogP contribution in [0.15, 0.2) is 11.6 Å². The van der Waals surface area contributed by atoms with Gasteiger partial charge in [-0.2, -0.15) is 0 Å². The standard InChI is InChI=1S/C11H18N2S/c1-11(12-2,8-9-4-3-5-9)10-13-6-7-14-10/h6-7,9,12H,3-5,8H2,1-2H3. The summed E-state index contributed by atoms with van der Waals surface area (Å²) in [6.07, 6.45) is 7.36. The van der Waals surface area contributed by atoms with E-state index in [2.05, 4.69) is 22.6 Å². The van der Waals surface area contributed by atoms with Crippen LogP contribution in [-0.2, 0) is 5.54 Å². The van der Waals surface area contributed by atoms with E-state index in [1.54, 1.807) is 11.3 Å². The minimum atomic E-state index is 0.0965. The Morgan fingerprint density at radius 1 is 1.64 bits per heavy atom. The van der Waals surface area contributed by atoms with Gasteiger partial charge in [0.2, 0.25) is 0 Å². The van der Waals surface area contributed by atoms with Crippen molar-refractivity contribution in [2.24, 2.45) is 5.92 Å². The third kappa shape index (κ3) is 1.84. The van der Waals surface area contributed by atoms with Crippen molar-refractivity contribution in [3.05, 3.63) is 16.6 Å². The molecule has 0 aromatic carbocycles. The molecule has 2 rings (SSSR count). The monoisotopic (exact) mass is 210 g/mol. The van der Waals surface area contributed by atoms with E-state index >= 15 is 0 Å². The number of hydrogen-bond acceptors (Lipinski definition) is 3. The molecule has 1 heterocycles. The Bertz CT molecular complexity index is 279. The van der Waals surface area contributed by atoms with Crippen LogP contribution in [0.4, 0.5) is 0 Å². The maximum Gasteiger partial charge on any atom is 0.112 e. The van der Waals surface area contributed by atoms with Gasteiger partial charge in [-0.25, -0.2) is 4.98 Å². The van der Waals surface area contributed by atoms with Gasteiger partial charge in [0.1, 0.15) is 5.01 Å². The minimum absolute atomic E-state index is 0.0965. The second-order valence-corrected chi connectivity index (χ2v) is 5.31. The van der Waals surface area contributed by atoms with Crippen LogP contribution in [0.1, 0.15) is 37.6 Å². The molecule has 1 aromatic heterocycles. The largest absolute Gasteiger partial charge is 0.309 e. The zero-order chi connectivity index (χ0) is 10.0. The van der Waals surface area contributed by atoms with Gasteiger partial charge in [0.15, 0.2) is 0 Å². The van der Waals surface area contributed by atoms with E-state index in [1.165, 1.54) is 30.7 Å². The number of thiazole rings is 1. The summed E-state index contributed by atoms with van der Waals surface area (Å²) in [7, 11) is 2.04. The Kier molecular flexibility index (Phi) is 2.88. The summed E-state index contributed by atoms with van der Waals surface area (Å²) in [6.45, 7) is 2.27. The molecule has 78 valence electrons. The number of nitrogens with one attached hydrogen (secondary N) is 1. The van der Waals surface area contributed by atoms with E-state index in [4.69, 9.17) is 0 Å². The lowest BCUT2D eigenvalue weighted by Crippen LogP contribution is -2.39. The van der Waals surface area contributed by atoms with Gasteiger partial charge < -0.3 is 5.32 Å². The number of nitrogens with zero attached hydrogens (tertiary/aromatic N) is 1. The van der Waals surface area contributed by atoms with Crippen LogP contribution in [0.3, 0.4) is 0 Å². The first-order valence-corrected chi connectivity index (χ1v) is 6.21. The molecule has 0 radical (unpaired) electrons. The molecule has 3 heteroatoms. The quantitative estimate of drug-likeness (QED) is 0.826. The maximum atomic E-state index is 4.43. The van der Waals surface area contributed by atoms with Crippen LogP contribution in [0.25, 0.3) is 0 Å². The fourth-order valence-corrected chi connectivity index (χ4v) is 2.88. The molecular weight excluding hydrogens is 192 g/mol. The van der Waals surface area contributed by atoms with Crippen LogP contribution in [-0.4, -0.2) is 12.0 Å². The Balaban J connectivity index is 2.08. The Morgan fingerprint density at radius 3 is 2.86 bits per heavy atom. The fraction of sp³-hybridized carbons (Fsp3) is 0.727. The average molecular weight is 210 g/mol. The molecule has 1 unspecified atom stereocenters. The zero-order valence-electron chi connectivity index (χ0n) is 8.92. The SMILES string of the molecule is CNC(C)(CC1CCC1)c1nccs1. The number of rotatable bonds is 4. The molecule has 1 aromatic rings. The molecular formula is C11H18N2S. The van der Waals surface area contributed by atoms with Crippen LogP contribution < -0.4 is 5.32 Å². The third-order valence-electron chi connectivity index (χ3n) is 3.38. The molecule has 0 amide bonds. The van der Waals surface area contributed by atoms with E-state index in [-0.39, 0.29) is 5.54 Å². The lowest BCUT2D eigenvalue weighted by molar-refractivity contribution is 0.212. The summed E-state index contributed by atoms with van der Waals surface area (Å²) < 4.78 is 0. The first kappa shape index (κ1) is 10.1. The van der Waals surface area contributed by atoms with Crippen molar-refractivity contribution in [1.29, 1.82) is 0 Å². The molecule has 1 aliphatic carbocycles. The molecule has 14 heavy (non-hydrogen) atoms. The Labute approximate surface area is 89.8 Å². The number of hydrogen-bond donors (Lipinski definition) is 1. The fourth-order valence-electron chi connectivity index (χ4n) is 2.07. The Morgan fingerprint density at radius 2 is 2.43 bits per heavy atom. The molecule has 2 nitrogen and oxygen atoms in total. The molecule has 1 fully saturated rings. The van der Waals surface area contributed by atoms with Gasteiger partial charge in [0.25, 0.3) is 0 Å². The summed E-state index contributed by atoms with van der Waals surface area (Å²) in [5.41, 5.74) is 0.0965. The number of aromatic nitrogens is 1. The smallest absolute Gasteiger partial charge is 0.112 e. The second kappa shape index (κ2) is 3.99. The first-order valence-electron chi connectivity index (χ1n) is 5.33. The van der Waals surface area contributed by atoms with Gasteiger partial charge in [0, 0.05) is 11.6 Å². The maximum absolute atomic E-state index is 4.43. The van der Waals surface area contributed by atoms with Crippen LogP contribution in [0.5, 0.6) is 0 Å². The van der Waals surface area contributed by atoms with E-state index in [1.807, 2.05) is 13.2 Å². The highest BCUT2D eigenvalue weighted by Crippen LogP contribution is 2.38. The Hall–Kier alpha value is -0.410. The molecule has 1 atom stereocenters. The normalized spacial score (nSPS) is 21.6. The molecule has 0 spiro atoms. The van der Waals surface area contributed by atoms with Crippen molar-refractivity contribution in [3.63, 3.8) is 0 Å².